The maximum atomic E-state index is 13.5. The summed E-state index contributed by atoms with van der Waals surface area (Å²) in [6, 6.07) is 11.7. The molecule has 0 radical (unpaired) electrons. The Labute approximate surface area is 125 Å². The second-order valence-electron chi connectivity index (χ2n) is 5.82. The first-order chi connectivity index (χ1) is 10.1. The number of ether oxygens (including phenoxy) is 1. The molecule has 1 heterocycles. The van der Waals surface area contributed by atoms with E-state index < -0.39 is 0 Å². The Hall–Kier alpha value is -1.87. The molecule has 0 fully saturated rings. The highest BCUT2D eigenvalue weighted by Gasteiger charge is 2.25. The minimum Gasteiger partial charge on any atom is -0.497 e. The van der Waals surface area contributed by atoms with E-state index in [4.69, 9.17) is 4.74 Å². The van der Waals surface area contributed by atoms with Gasteiger partial charge in [0.1, 0.15) is 11.6 Å². The number of benzene rings is 2. The predicted octanol–water partition coefficient (Wildman–Crippen LogP) is 3.72. The summed E-state index contributed by atoms with van der Waals surface area (Å²) in [7, 11) is 3.81. The van der Waals surface area contributed by atoms with E-state index in [-0.39, 0.29) is 11.7 Å². The third-order valence-corrected chi connectivity index (χ3v) is 4.24. The highest BCUT2D eigenvalue weighted by atomic mass is 19.1. The van der Waals surface area contributed by atoms with Crippen LogP contribution in [0.4, 0.5) is 4.39 Å². The van der Waals surface area contributed by atoms with Crippen LogP contribution in [0.5, 0.6) is 5.75 Å². The Balaban J connectivity index is 2.06. The molecule has 0 amide bonds. The molecule has 3 rings (SSSR count). The summed E-state index contributed by atoms with van der Waals surface area (Å²) in [6.45, 7) is 3.69. The van der Waals surface area contributed by atoms with Crippen LogP contribution in [0.3, 0.4) is 0 Å². The van der Waals surface area contributed by atoms with Crippen LogP contribution >= 0.6 is 0 Å². The summed E-state index contributed by atoms with van der Waals surface area (Å²) in [5.41, 5.74) is 4.48. The third kappa shape index (κ3) is 2.66. The van der Waals surface area contributed by atoms with Crippen molar-refractivity contribution in [3.63, 3.8) is 0 Å². The molecule has 0 bridgehead atoms. The van der Waals surface area contributed by atoms with Gasteiger partial charge >= 0.3 is 0 Å². The Morgan fingerprint density at radius 1 is 1.19 bits per heavy atom. The molecule has 0 spiro atoms. The van der Waals surface area contributed by atoms with Crippen LogP contribution in [0.15, 0.2) is 36.4 Å². The van der Waals surface area contributed by atoms with Gasteiger partial charge in [0, 0.05) is 19.0 Å². The first-order valence-electron chi connectivity index (χ1n) is 7.20. The quantitative estimate of drug-likeness (QED) is 0.834. The summed E-state index contributed by atoms with van der Waals surface area (Å²) in [5, 5.41) is 0. The zero-order chi connectivity index (χ0) is 15.0. The molecule has 1 aliphatic rings. The van der Waals surface area contributed by atoms with Crippen LogP contribution in [0.2, 0.25) is 0 Å². The standard InChI is InChI=1S/C18H20FNO/c1-12-8-13(4-7-18(12)19)17-11-20(2)10-14-9-15(21-3)5-6-16(14)17/h4-9,17H,10-11H2,1-3H3. The molecular formula is C18H20FNO. The average Bonchev–Trinajstić information content (AvgIpc) is 2.48. The van der Waals surface area contributed by atoms with Gasteiger partial charge in [0.05, 0.1) is 7.11 Å². The van der Waals surface area contributed by atoms with Crippen LogP contribution in [-0.2, 0) is 6.54 Å². The fourth-order valence-electron chi connectivity index (χ4n) is 3.12. The van der Waals surface area contributed by atoms with E-state index in [0.29, 0.717) is 5.56 Å². The number of nitrogens with zero attached hydrogens (tertiary/aromatic N) is 1. The lowest BCUT2D eigenvalue weighted by Crippen LogP contribution is -2.31. The summed E-state index contributed by atoms with van der Waals surface area (Å²) in [6.07, 6.45) is 0. The molecule has 0 aliphatic carbocycles. The van der Waals surface area contributed by atoms with Crippen molar-refractivity contribution in [2.24, 2.45) is 0 Å². The summed E-state index contributed by atoms with van der Waals surface area (Å²) in [4.78, 5) is 2.30. The van der Waals surface area contributed by atoms with Crippen molar-refractivity contribution in [2.45, 2.75) is 19.4 Å². The van der Waals surface area contributed by atoms with E-state index in [2.05, 4.69) is 24.1 Å². The van der Waals surface area contributed by atoms with Gasteiger partial charge in [0.2, 0.25) is 0 Å². The third-order valence-electron chi connectivity index (χ3n) is 4.24. The molecule has 0 saturated heterocycles. The number of rotatable bonds is 2. The molecule has 2 nitrogen and oxygen atoms in total. The summed E-state index contributed by atoms with van der Waals surface area (Å²) in [5.74, 6) is 1.03. The van der Waals surface area contributed by atoms with Crippen LogP contribution in [-0.4, -0.2) is 25.6 Å². The SMILES string of the molecule is COc1ccc2c(c1)CN(C)CC2c1ccc(F)c(C)c1. The van der Waals surface area contributed by atoms with Crippen molar-refractivity contribution >= 4 is 0 Å². The van der Waals surface area contributed by atoms with Gasteiger partial charge in [-0.2, -0.15) is 0 Å². The highest BCUT2D eigenvalue weighted by Crippen LogP contribution is 2.35. The van der Waals surface area contributed by atoms with Gasteiger partial charge in [-0.05, 0) is 54.4 Å². The molecule has 1 unspecified atom stereocenters. The smallest absolute Gasteiger partial charge is 0.126 e. The van der Waals surface area contributed by atoms with Gasteiger partial charge < -0.3 is 9.64 Å². The molecule has 0 aromatic heterocycles. The number of hydrogen-bond acceptors (Lipinski definition) is 2. The van der Waals surface area contributed by atoms with E-state index in [1.54, 1.807) is 13.2 Å². The molecule has 1 aliphatic heterocycles. The van der Waals surface area contributed by atoms with E-state index in [1.807, 2.05) is 25.1 Å². The molecule has 2 aromatic carbocycles. The summed E-state index contributed by atoms with van der Waals surface area (Å²) >= 11 is 0. The minimum atomic E-state index is -0.141. The van der Waals surface area contributed by atoms with Crippen molar-refractivity contribution in [3.05, 3.63) is 64.5 Å². The van der Waals surface area contributed by atoms with Gasteiger partial charge in [0.25, 0.3) is 0 Å². The van der Waals surface area contributed by atoms with Crippen LogP contribution < -0.4 is 4.74 Å². The first kappa shape index (κ1) is 14.1. The maximum absolute atomic E-state index is 13.5. The fourth-order valence-corrected chi connectivity index (χ4v) is 3.12. The molecular weight excluding hydrogens is 265 g/mol. The monoisotopic (exact) mass is 285 g/mol. The highest BCUT2D eigenvalue weighted by molar-refractivity contribution is 5.44. The van der Waals surface area contributed by atoms with Gasteiger partial charge in [0.15, 0.2) is 0 Å². The largest absolute Gasteiger partial charge is 0.497 e. The number of likely N-dealkylation sites (N-methyl/N-ethyl adjacent to an activating group) is 1. The first-order valence-corrected chi connectivity index (χ1v) is 7.20. The van der Waals surface area contributed by atoms with Gasteiger partial charge in [-0.1, -0.05) is 18.2 Å². The number of fused-ring (bicyclic) bond motifs is 1. The van der Waals surface area contributed by atoms with Crippen LogP contribution in [0.1, 0.15) is 28.2 Å². The molecule has 1 atom stereocenters. The maximum Gasteiger partial charge on any atom is 0.126 e. The Kier molecular flexibility index (Phi) is 3.68. The van der Waals surface area contributed by atoms with E-state index >= 15 is 0 Å². The molecule has 0 saturated carbocycles. The van der Waals surface area contributed by atoms with Gasteiger partial charge in [-0.15, -0.1) is 0 Å². The Morgan fingerprint density at radius 3 is 2.71 bits per heavy atom. The lowest BCUT2D eigenvalue weighted by molar-refractivity contribution is 0.294. The van der Waals surface area contributed by atoms with Crippen molar-refractivity contribution in [2.75, 3.05) is 20.7 Å². The van der Waals surface area contributed by atoms with Gasteiger partial charge in [-0.25, -0.2) is 4.39 Å². The zero-order valence-electron chi connectivity index (χ0n) is 12.7. The van der Waals surface area contributed by atoms with Crippen LogP contribution in [0.25, 0.3) is 0 Å². The molecule has 21 heavy (non-hydrogen) atoms. The van der Waals surface area contributed by atoms with Crippen LogP contribution in [0, 0.1) is 12.7 Å². The van der Waals surface area contributed by atoms with Crippen molar-refractivity contribution in [1.82, 2.24) is 4.90 Å². The van der Waals surface area contributed by atoms with Crippen molar-refractivity contribution in [3.8, 4) is 5.75 Å². The lowest BCUT2D eigenvalue weighted by atomic mass is 9.84. The molecule has 2 aromatic rings. The molecule has 3 heteroatoms. The Morgan fingerprint density at radius 2 is 2.00 bits per heavy atom. The van der Waals surface area contributed by atoms with Crippen molar-refractivity contribution in [1.29, 1.82) is 0 Å². The second kappa shape index (κ2) is 5.49. The van der Waals surface area contributed by atoms with E-state index in [9.17, 15) is 4.39 Å². The lowest BCUT2D eigenvalue weighted by Gasteiger charge is -2.33. The average molecular weight is 285 g/mol. The second-order valence-corrected chi connectivity index (χ2v) is 5.82. The predicted molar refractivity (Wildman–Crippen MR) is 82.3 cm³/mol. The van der Waals surface area contributed by atoms with E-state index in [0.717, 1.165) is 18.8 Å². The number of aryl methyl sites for hydroxylation is 1. The number of halogens is 1. The fraction of sp³-hybridized carbons (Fsp3) is 0.333. The zero-order valence-corrected chi connectivity index (χ0v) is 12.7. The van der Waals surface area contributed by atoms with Crippen molar-refractivity contribution < 1.29 is 9.13 Å². The summed E-state index contributed by atoms with van der Waals surface area (Å²) < 4.78 is 18.8. The normalized spacial score (nSPS) is 18.4. The molecule has 110 valence electrons. The Bertz CT molecular complexity index is 668. The van der Waals surface area contributed by atoms with E-state index in [1.165, 1.54) is 16.7 Å². The number of methoxy groups -OCH3 is 1. The number of hydrogen-bond donors (Lipinski definition) is 0. The molecule has 0 N–H and O–H groups in total. The minimum absolute atomic E-state index is 0.141. The van der Waals surface area contributed by atoms with Gasteiger partial charge in [-0.3, -0.25) is 0 Å². The topological polar surface area (TPSA) is 12.5 Å².